The molecule has 0 aliphatic carbocycles. The second-order valence-electron chi connectivity index (χ2n) is 6.16. The van der Waals surface area contributed by atoms with Crippen LogP contribution < -0.4 is 5.32 Å². The van der Waals surface area contributed by atoms with E-state index in [-0.39, 0.29) is 12.4 Å². The zero-order valence-electron chi connectivity index (χ0n) is 12.2. The Morgan fingerprint density at radius 3 is 2.72 bits per heavy atom. The van der Waals surface area contributed by atoms with Crippen LogP contribution >= 0.6 is 12.4 Å². The summed E-state index contributed by atoms with van der Waals surface area (Å²) in [5.74, 6) is 0.878. The molecule has 3 nitrogen and oxygen atoms in total. The number of halogens is 1. The van der Waals surface area contributed by atoms with Gasteiger partial charge in [0, 0.05) is 18.6 Å². The highest BCUT2D eigenvalue weighted by Crippen LogP contribution is 2.21. The first-order valence-electron chi connectivity index (χ1n) is 7.28. The van der Waals surface area contributed by atoms with Crippen molar-refractivity contribution in [2.45, 2.75) is 44.7 Å². The van der Waals surface area contributed by atoms with E-state index in [4.69, 9.17) is 0 Å². The number of rotatable bonds is 3. The van der Waals surface area contributed by atoms with Gasteiger partial charge in [-0.1, -0.05) is 0 Å². The second-order valence-corrected chi connectivity index (χ2v) is 6.16. The van der Waals surface area contributed by atoms with E-state index < -0.39 is 0 Å². The minimum atomic E-state index is 0. The van der Waals surface area contributed by atoms with Gasteiger partial charge in [0.1, 0.15) is 0 Å². The number of nitrogens with zero attached hydrogens (tertiary/aromatic N) is 2. The minimum absolute atomic E-state index is 0. The molecule has 3 atom stereocenters. The number of hydrogen-bond acceptors (Lipinski definition) is 3. The van der Waals surface area contributed by atoms with Crippen LogP contribution in [0.5, 0.6) is 0 Å². The molecular formula is C14H30ClN3. The van der Waals surface area contributed by atoms with Gasteiger partial charge in [-0.25, -0.2) is 0 Å². The predicted octanol–water partition coefficient (Wildman–Crippen LogP) is 1.82. The van der Waals surface area contributed by atoms with Crippen LogP contribution in [-0.2, 0) is 0 Å². The van der Waals surface area contributed by atoms with Gasteiger partial charge in [0.05, 0.1) is 0 Å². The van der Waals surface area contributed by atoms with Gasteiger partial charge >= 0.3 is 0 Å². The van der Waals surface area contributed by atoms with Crippen LogP contribution in [0, 0.1) is 5.92 Å². The lowest BCUT2D eigenvalue weighted by Gasteiger charge is -2.40. The average molecular weight is 276 g/mol. The van der Waals surface area contributed by atoms with E-state index in [1.54, 1.807) is 0 Å². The van der Waals surface area contributed by atoms with Crippen molar-refractivity contribution in [3.63, 3.8) is 0 Å². The highest BCUT2D eigenvalue weighted by molar-refractivity contribution is 5.85. The summed E-state index contributed by atoms with van der Waals surface area (Å²) in [6.45, 7) is 7.37. The maximum atomic E-state index is 3.52. The van der Waals surface area contributed by atoms with Crippen molar-refractivity contribution in [2.24, 2.45) is 5.92 Å². The minimum Gasteiger partial charge on any atom is -0.316 e. The molecule has 2 aliphatic rings. The van der Waals surface area contributed by atoms with Crippen LogP contribution in [0.25, 0.3) is 0 Å². The molecule has 1 N–H and O–H groups in total. The van der Waals surface area contributed by atoms with Gasteiger partial charge in [-0.15, -0.1) is 12.4 Å². The first kappa shape index (κ1) is 16.2. The fourth-order valence-corrected chi connectivity index (χ4v) is 3.30. The van der Waals surface area contributed by atoms with Crippen molar-refractivity contribution in [3.05, 3.63) is 0 Å². The van der Waals surface area contributed by atoms with E-state index in [0.29, 0.717) is 0 Å². The van der Waals surface area contributed by atoms with Crippen molar-refractivity contribution in [1.29, 1.82) is 0 Å². The summed E-state index contributed by atoms with van der Waals surface area (Å²) in [6.07, 6.45) is 5.46. The van der Waals surface area contributed by atoms with Gasteiger partial charge in [-0.05, 0) is 72.3 Å². The van der Waals surface area contributed by atoms with Crippen LogP contribution in [0.2, 0.25) is 0 Å². The lowest BCUT2D eigenvalue weighted by molar-refractivity contribution is 0.0910. The van der Waals surface area contributed by atoms with E-state index in [1.807, 2.05) is 0 Å². The summed E-state index contributed by atoms with van der Waals surface area (Å²) in [4.78, 5) is 5.12. The van der Waals surface area contributed by atoms with Gasteiger partial charge in [-0.2, -0.15) is 0 Å². The first-order valence-corrected chi connectivity index (χ1v) is 7.28. The Labute approximate surface area is 119 Å². The molecule has 0 aromatic carbocycles. The van der Waals surface area contributed by atoms with Gasteiger partial charge in [-0.3, -0.25) is 0 Å². The summed E-state index contributed by atoms with van der Waals surface area (Å²) in [5, 5.41) is 3.52. The van der Waals surface area contributed by atoms with Crippen LogP contribution in [-0.4, -0.2) is 62.2 Å². The molecule has 0 bridgehead atoms. The van der Waals surface area contributed by atoms with Crippen molar-refractivity contribution in [1.82, 2.24) is 15.1 Å². The smallest absolute Gasteiger partial charge is 0.0119 e. The standard InChI is InChI=1S/C14H29N3.ClH/c1-12-9-14(6-8-16(12)2)17(3)11-13-5-4-7-15-10-13;/h12-15H,4-11H2,1-3H3;1H. The normalized spacial score (nSPS) is 34.3. The van der Waals surface area contributed by atoms with Crippen molar-refractivity contribution in [3.8, 4) is 0 Å². The van der Waals surface area contributed by atoms with Gasteiger partial charge in [0.2, 0.25) is 0 Å². The Morgan fingerprint density at radius 2 is 2.11 bits per heavy atom. The average Bonchev–Trinajstić information content (AvgIpc) is 2.34. The molecule has 18 heavy (non-hydrogen) atoms. The molecule has 3 unspecified atom stereocenters. The number of piperidine rings is 2. The third-order valence-corrected chi connectivity index (χ3v) is 4.75. The van der Waals surface area contributed by atoms with Crippen molar-refractivity contribution >= 4 is 12.4 Å². The maximum Gasteiger partial charge on any atom is 0.0119 e. The molecule has 0 radical (unpaired) electrons. The number of nitrogens with one attached hydrogen (secondary N) is 1. The highest BCUT2D eigenvalue weighted by atomic mass is 35.5. The van der Waals surface area contributed by atoms with E-state index in [2.05, 4.69) is 36.1 Å². The highest BCUT2D eigenvalue weighted by Gasteiger charge is 2.27. The molecule has 2 heterocycles. The Hall–Kier alpha value is 0.170. The third kappa shape index (κ3) is 4.37. The molecule has 0 saturated carbocycles. The molecule has 0 spiro atoms. The quantitative estimate of drug-likeness (QED) is 0.848. The summed E-state index contributed by atoms with van der Waals surface area (Å²) in [7, 11) is 4.59. The molecule has 2 saturated heterocycles. The molecule has 0 aromatic rings. The summed E-state index contributed by atoms with van der Waals surface area (Å²) in [6, 6.07) is 1.56. The van der Waals surface area contributed by atoms with E-state index in [1.165, 1.54) is 51.9 Å². The molecular weight excluding hydrogens is 246 g/mol. The predicted molar refractivity (Wildman–Crippen MR) is 80.6 cm³/mol. The molecule has 2 aliphatic heterocycles. The molecule has 108 valence electrons. The largest absolute Gasteiger partial charge is 0.316 e. The summed E-state index contributed by atoms with van der Waals surface area (Å²) < 4.78 is 0. The Kier molecular flexibility index (Phi) is 6.93. The zero-order chi connectivity index (χ0) is 12.3. The van der Waals surface area contributed by atoms with Crippen LogP contribution in [0.3, 0.4) is 0 Å². The van der Waals surface area contributed by atoms with Gasteiger partial charge in [0.25, 0.3) is 0 Å². The van der Waals surface area contributed by atoms with Crippen LogP contribution in [0.1, 0.15) is 32.6 Å². The van der Waals surface area contributed by atoms with Gasteiger partial charge < -0.3 is 15.1 Å². The van der Waals surface area contributed by atoms with E-state index >= 15 is 0 Å². The Bertz CT molecular complexity index is 231. The van der Waals surface area contributed by atoms with Crippen LogP contribution in [0.15, 0.2) is 0 Å². The summed E-state index contributed by atoms with van der Waals surface area (Å²) in [5.41, 5.74) is 0. The topological polar surface area (TPSA) is 18.5 Å². The monoisotopic (exact) mass is 275 g/mol. The van der Waals surface area contributed by atoms with Gasteiger partial charge in [0.15, 0.2) is 0 Å². The molecule has 0 amide bonds. The molecule has 4 heteroatoms. The number of hydrogen-bond donors (Lipinski definition) is 1. The molecule has 0 aromatic heterocycles. The zero-order valence-corrected chi connectivity index (χ0v) is 13.0. The SMILES string of the molecule is CC1CC(N(C)CC2CCCNC2)CCN1C.Cl. The second kappa shape index (κ2) is 7.68. The lowest BCUT2D eigenvalue weighted by atomic mass is 9.94. The van der Waals surface area contributed by atoms with Crippen molar-refractivity contribution in [2.75, 3.05) is 40.3 Å². The Morgan fingerprint density at radius 1 is 1.33 bits per heavy atom. The summed E-state index contributed by atoms with van der Waals surface area (Å²) >= 11 is 0. The Balaban J connectivity index is 0.00000162. The van der Waals surface area contributed by atoms with Crippen LogP contribution in [0.4, 0.5) is 0 Å². The number of likely N-dealkylation sites (tertiary alicyclic amines) is 1. The maximum absolute atomic E-state index is 3.52. The van der Waals surface area contributed by atoms with Crippen molar-refractivity contribution < 1.29 is 0 Å². The first-order chi connectivity index (χ1) is 8.16. The fourth-order valence-electron chi connectivity index (χ4n) is 3.30. The van der Waals surface area contributed by atoms with E-state index in [9.17, 15) is 0 Å². The third-order valence-electron chi connectivity index (χ3n) is 4.75. The fraction of sp³-hybridized carbons (Fsp3) is 1.00. The molecule has 2 rings (SSSR count). The van der Waals surface area contributed by atoms with E-state index in [0.717, 1.165) is 18.0 Å². The lowest BCUT2D eigenvalue weighted by Crippen LogP contribution is -2.48. The molecule has 2 fully saturated rings.